The number of benzene rings is 1. The summed E-state index contributed by atoms with van der Waals surface area (Å²) in [5.41, 5.74) is 2.58. The minimum absolute atomic E-state index is 0.700. The molecule has 1 aromatic heterocycles. The van der Waals surface area contributed by atoms with E-state index in [1.807, 2.05) is 12.3 Å². The molecular weight excluding hydrogens is 274 g/mol. The van der Waals surface area contributed by atoms with Gasteiger partial charge in [-0.2, -0.15) is 0 Å². The van der Waals surface area contributed by atoms with Gasteiger partial charge in [-0.05, 0) is 48.9 Å². The molecular formula is C15H16BrN. The van der Waals surface area contributed by atoms with Crippen LogP contribution in [-0.4, -0.2) is 9.81 Å². The van der Waals surface area contributed by atoms with Gasteiger partial charge in [0.05, 0.1) is 5.52 Å². The van der Waals surface area contributed by atoms with Gasteiger partial charge in [0.1, 0.15) is 0 Å². The van der Waals surface area contributed by atoms with Gasteiger partial charge in [0, 0.05) is 16.4 Å². The van der Waals surface area contributed by atoms with E-state index in [4.69, 9.17) is 0 Å². The Morgan fingerprint density at radius 3 is 3.00 bits per heavy atom. The highest BCUT2D eigenvalue weighted by Gasteiger charge is 2.21. The van der Waals surface area contributed by atoms with Crippen LogP contribution in [0, 0.1) is 0 Å². The Labute approximate surface area is 110 Å². The van der Waals surface area contributed by atoms with Gasteiger partial charge in [-0.1, -0.05) is 34.5 Å². The Bertz CT molecular complexity index is 523. The highest BCUT2D eigenvalue weighted by atomic mass is 79.9. The lowest BCUT2D eigenvalue weighted by Crippen LogP contribution is -2.13. The molecule has 1 heterocycles. The Kier molecular flexibility index (Phi) is 3.15. The second kappa shape index (κ2) is 4.77. The molecule has 0 aliphatic heterocycles. The maximum Gasteiger partial charge on any atom is 0.0702 e. The first-order chi connectivity index (χ1) is 8.33. The molecule has 17 heavy (non-hydrogen) atoms. The van der Waals surface area contributed by atoms with Crippen LogP contribution >= 0.6 is 15.9 Å². The zero-order chi connectivity index (χ0) is 11.7. The van der Waals surface area contributed by atoms with Crippen molar-refractivity contribution in [2.75, 3.05) is 0 Å². The van der Waals surface area contributed by atoms with Crippen LogP contribution in [0.2, 0.25) is 0 Å². The summed E-state index contributed by atoms with van der Waals surface area (Å²) in [4.78, 5) is 5.07. The monoisotopic (exact) mass is 289 g/mol. The Hall–Kier alpha value is -0.890. The maximum atomic E-state index is 4.37. The van der Waals surface area contributed by atoms with E-state index in [0.29, 0.717) is 4.83 Å². The Morgan fingerprint density at radius 2 is 2.12 bits per heavy atom. The summed E-state index contributed by atoms with van der Waals surface area (Å²) in [6.07, 6.45) is 7.12. The molecule has 0 N–H and O–H groups in total. The third-order valence-electron chi connectivity index (χ3n) is 3.71. The average molecular weight is 290 g/mol. The van der Waals surface area contributed by atoms with Gasteiger partial charge in [0.25, 0.3) is 0 Å². The van der Waals surface area contributed by atoms with E-state index >= 15 is 0 Å². The SMILES string of the molecule is BrC1CCCC(c2ccc3ncccc3c2)C1. The molecule has 0 spiro atoms. The van der Waals surface area contributed by atoms with E-state index in [9.17, 15) is 0 Å². The molecule has 2 atom stereocenters. The summed E-state index contributed by atoms with van der Waals surface area (Å²) in [6.45, 7) is 0. The maximum absolute atomic E-state index is 4.37. The van der Waals surface area contributed by atoms with Crippen LogP contribution in [0.4, 0.5) is 0 Å². The Morgan fingerprint density at radius 1 is 1.18 bits per heavy atom. The molecule has 1 fully saturated rings. The zero-order valence-electron chi connectivity index (χ0n) is 9.77. The van der Waals surface area contributed by atoms with Crippen LogP contribution in [0.1, 0.15) is 37.2 Å². The van der Waals surface area contributed by atoms with Crippen molar-refractivity contribution in [2.45, 2.75) is 36.4 Å². The molecule has 88 valence electrons. The lowest BCUT2D eigenvalue weighted by atomic mass is 9.83. The first kappa shape index (κ1) is 11.2. The van der Waals surface area contributed by atoms with Crippen LogP contribution in [-0.2, 0) is 0 Å². The van der Waals surface area contributed by atoms with Crippen LogP contribution in [0.25, 0.3) is 10.9 Å². The highest BCUT2D eigenvalue weighted by molar-refractivity contribution is 9.09. The summed E-state index contributed by atoms with van der Waals surface area (Å²) < 4.78 is 0. The van der Waals surface area contributed by atoms with Gasteiger partial charge < -0.3 is 0 Å². The average Bonchev–Trinajstić information content (AvgIpc) is 2.38. The standard InChI is InChI=1S/C15H16BrN/c16-14-5-1-3-11(10-14)12-6-7-15-13(9-12)4-2-8-17-15/h2,4,6-9,11,14H,1,3,5,10H2. The molecule has 1 saturated carbocycles. The van der Waals surface area contributed by atoms with Crippen molar-refractivity contribution in [3.63, 3.8) is 0 Å². The number of hydrogen-bond acceptors (Lipinski definition) is 1. The lowest BCUT2D eigenvalue weighted by molar-refractivity contribution is 0.458. The van der Waals surface area contributed by atoms with Gasteiger partial charge in [0.15, 0.2) is 0 Å². The zero-order valence-corrected chi connectivity index (χ0v) is 11.4. The molecule has 3 rings (SSSR count). The molecule has 1 aliphatic carbocycles. The molecule has 2 heteroatoms. The fourth-order valence-electron chi connectivity index (χ4n) is 2.78. The molecule has 1 aliphatic rings. The van der Waals surface area contributed by atoms with E-state index in [0.717, 1.165) is 11.4 Å². The third-order valence-corrected chi connectivity index (χ3v) is 4.54. The number of pyridine rings is 1. The highest BCUT2D eigenvalue weighted by Crippen LogP contribution is 2.36. The van der Waals surface area contributed by atoms with Crippen molar-refractivity contribution >= 4 is 26.8 Å². The lowest BCUT2D eigenvalue weighted by Gasteiger charge is -2.26. The Balaban J connectivity index is 1.94. The van der Waals surface area contributed by atoms with E-state index < -0.39 is 0 Å². The normalized spacial score (nSPS) is 25.0. The smallest absolute Gasteiger partial charge is 0.0702 e. The van der Waals surface area contributed by atoms with Crippen molar-refractivity contribution in [3.8, 4) is 0 Å². The van der Waals surface area contributed by atoms with Crippen LogP contribution < -0.4 is 0 Å². The van der Waals surface area contributed by atoms with Crippen molar-refractivity contribution < 1.29 is 0 Å². The number of fused-ring (bicyclic) bond motifs is 1. The predicted molar refractivity (Wildman–Crippen MR) is 75.7 cm³/mol. The topological polar surface area (TPSA) is 12.9 Å². The van der Waals surface area contributed by atoms with Crippen molar-refractivity contribution in [1.29, 1.82) is 0 Å². The summed E-state index contributed by atoms with van der Waals surface area (Å²) >= 11 is 3.76. The molecule has 2 aromatic rings. The van der Waals surface area contributed by atoms with Gasteiger partial charge in [-0.25, -0.2) is 0 Å². The number of hydrogen-bond donors (Lipinski definition) is 0. The van der Waals surface area contributed by atoms with E-state index in [1.54, 1.807) is 0 Å². The van der Waals surface area contributed by atoms with Gasteiger partial charge in [-0.3, -0.25) is 4.98 Å². The quantitative estimate of drug-likeness (QED) is 0.696. The largest absolute Gasteiger partial charge is 0.256 e. The van der Waals surface area contributed by atoms with Crippen LogP contribution in [0.3, 0.4) is 0 Å². The fraction of sp³-hybridized carbons (Fsp3) is 0.400. The van der Waals surface area contributed by atoms with E-state index in [2.05, 4.69) is 45.2 Å². The summed E-state index contributed by atoms with van der Waals surface area (Å²) in [6, 6.07) is 10.9. The number of aromatic nitrogens is 1. The van der Waals surface area contributed by atoms with Crippen LogP contribution in [0.5, 0.6) is 0 Å². The molecule has 2 unspecified atom stereocenters. The molecule has 0 amide bonds. The van der Waals surface area contributed by atoms with E-state index in [-0.39, 0.29) is 0 Å². The van der Waals surface area contributed by atoms with Crippen molar-refractivity contribution in [2.24, 2.45) is 0 Å². The first-order valence-corrected chi connectivity index (χ1v) is 7.23. The summed E-state index contributed by atoms with van der Waals surface area (Å²) in [5.74, 6) is 0.720. The number of halogens is 1. The predicted octanol–water partition coefficient (Wildman–Crippen LogP) is 4.66. The molecule has 1 aromatic carbocycles. The molecule has 0 bridgehead atoms. The van der Waals surface area contributed by atoms with Crippen molar-refractivity contribution in [1.82, 2.24) is 4.98 Å². The number of rotatable bonds is 1. The summed E-state index contributed by atoms with van der Waals surface area (Å²) in [7, 11) is 0. The molecule has 1 nitrogen and oxygen atoms in total. The van der Waals surface area contributed by atoms with Crippen molar-refractivity contribution in [3.05, 3.63) is 42.1 Å². The van der Waals surface area contributed by atoms with E-state index in [1.165, 1.54) is 36.6 Å². The molecule has 0 saturated heterocycles. The van der Waals surface area contributed by atoms with Crippen LogP contribution in [0.15, 0.2) is 36.5 Å². The van der Waals surface area contributed by atoms with Gasteiger partial charge in [-0.15, -0.1) is 0 Å². The second-order valence-corrected chi connectivity index (χ2v) is 6.21. The number of nitrogens with zero attached hydrogens (tertiary/aromatic N) is 1. The van der Waals surface area contributed by atoms with Gasteiger partial charge >= 0.3 is 0 Å². The fourth-order valence-corrected chi connectivity index (χ4v) is 3.56. The number of alkyl halides is 1. The molecule has 0 radical (unpaired) electrons. The first-order valence-electron chi connectivity index (χ1n) is 6.32. The third kappa shape index (κ3) is 2.37. The van der Waals surface area contributed by atoms with Gasteiger partial charge in [0.2, 0.25) is 0 Å². The second-order valence-electron chi connectivity index (χ2n) is 4.92. The minimum Gasteiger partial charge on any atom is -0.256 e. The minimum atomic E-state index is 0.700. The summed E-state index contributed by atoms with van der Waals surface area (Å²) in [5, 5.41) is 1.27.